The van der Waals surface area contributed by atoms with E-state index in [9.17, 15) is 4.79 Å². The van der Waals surface area contributed by atoms with Crippen LogP contribution in [0.2, 0.25) is 0 Å². The van der Waals surface area contributed by atoms with Crippen LogP contribution in [0.25, 0.3) is 0 Å². The molecule has 0 spiro atoms. The molecule has 5 heteroatoms. The highest BCUT2D eigenvalue weighted by Gasteiger charge is 2.16. The molecule has 1 aromatic rings. The van der Waals surface area contributed by atoms with Crippen molar-refractivity contribution in [1.82, 2.24) is 15.1 Å². The maximum absolute atomic E-state index is 11.3. The lowest BCUT2D eigenvalue weighted by atomic mass is 10.2. The second-order valence-corrected chi connectivity index (χ2v) is 6.39. The molecule has 1 aliphatic heterocycles. The number of unbranched alkanes of at least 4 members (excludes halogenated alkanes) is 1. The number of carbonyl (C=O) groups excluding carboxylic acids is 1. The lowest BCUT2D eigenvalue weighted by Gasteiger charge is -2.34. The minimum absolute atomic E-state index is 0.0560. The van der Waals surface area contributed by atoms with Gasteiger partial charge in [0.1, 0.15) is 0 Å². The van der Waals surface area contributed by atoms with Gasteiger partial charge in [0, 0.05) is 39.3 Å². The van der Waals surface area contributed by atoms with Gasteiger partial charge in [-0.1, -0.05) is 30.3 Å². The molecule has 23 heavy (non-hydrogen) atoms. The average Bonchev–Trinajstić information content (AvgIpc) is 2.56. The topological polar surface area (TPSA) is 61.6 Å². The van der Waals surface area contributed by atoms with Crippen LogP contribution in [-0.2, 0) is 11.3 Å². The van der Waals surface area contributed by atoms with Crippen LogP contribution < -0.4 is 11.1 Å². The van der Waals surface area contributed by atoms with Gasteiger partial charge < -0.3 is 16.0 Å². The van der Waals surface area contributed by atoms with Gasteiger partial charge >= 0.3 is 0 Å². The van der Waals surface area contributed by atoms with Crippen molar-refractivity contribution in [3.63, 3.8) is 0 Å². The van der Waals surface area contributed by atoms with Gasteiger partial charge in [-0.25, -0.2) is 0 Å². The summed E-state index contributed by atoms with van der Waals surface area (Å²) in [4.78, 5) is 16.4. The van der Waals surface area contributed by atoms with Crippen molar-refractivity contribution in [1.29, 1.82) is 0 Å². The van der Waals surface area contributed by atoms with E-state index in [0.717, 1.165) is 58.7 Å². The minimum Gasteiger partial charge on any atom is -0.355 e. The van der Waals surface area contributed by atoms with Crippen molar-refractivity contribution >= 4 is 5.91 Å². The monoisotopic (exact) mass is 318 g/mol. The van der Waals surface area contributed by atoms with E-state index in [1.54, 1.807) is 6.92 Å². The molecule has 2 rings (SSSR count). The normalized spacial score (nSPS) is 17.8. The number of hydrogen-bond acceptors (Lipinski definition) is 4. The smallest absolute Gasteiger partial charge is 0.236 e. The van der Waals surface area contributed by atoms with Gasteiger partial charge in [-0.2, -0.15) is 0 Å². The molecule has 1 fully saturated rings. The molecule has 1 saturated heterocycles. The first-order valence-electron chi connectivity index (χ1n) is 8.67. The van der Waals surface area contributed by atoms with Crippen LogP contribution in [-0.4, -0.2) is 61.0 Å². The van der Waals surface area contributed by atoms with Crippen molar-refractivity contribution in [2.75, 3.05) is 39.3 Å². The first-order valence-corrected chi connectivity index (χ1v) is 8.67. The van der Waals surface area contributed by atoms with Gasteiger partial charge in [0.05, 0.1) is 6.04 Å². The highest BCUT2D eigenvalue weighted by atomic mass is 16.2. The highest BCUT2D eigenvalue weighted by molar-refractivity contribution is 5.80. The molecule has 1 heterocycles. The van der Waals surface area contributed by atoms with E-state index in [1.807, 2.05) is 0 Å². The molecule has 3 N–H and O–H groups in total. The maximum atomic E-state index is 11.3. The Hall–Kier alpha value is -1.43. The van der Waals surface area contributed by atoms with Crippen molar-refractivity contribution in [3.05, 3.63) is 35.9 Å². The summed E-state index contributed by atoms with van der Waals surface area (Å²) in [5, 5.41) is 2.86. The number of piperazine rings is 1. The number of rotatable bonds is 8. The summed E-state index contributed by atoms with van der Waals surface area (Å²) in [5.74, 6) is -0.0560. The van der Waals surface area contributed by atoms with Crippen LogP contribution >= 0.6 is 0 Å². The molecule has 1 amide bonds. The van der Waals surface area contributed by atoms with Gasteiger partial charge in [-0.3, -0.25) is 9.69 Å². The number of nitrogens with one attached hydrogen (secondary N) is 1. The van der Waals surface area contributed by atoms with Gasteiger partial charge in [0.15, 0.2) is 0 Å². The van der Waals surface area contributed by atoms with Crippen LogP contribution in [0, 0.1) is 0 Å². The standard InChI is InChI=1S/C18H30N4O/c1-16(19)18(23)20-9-5-6-10-21-11-13-22(14-12-21)15-17-7-3-2-4-8-17/h2-4,7-8,16H,5-6,9-15,19H2,1H3,(H,20,23). The van der Waals surface area contributed by atoms with Crippen LogP contribution in [0.3, 0.4) is 0 Å². The van der Waals surface area contributed by atoms with Gasteiger partial charge in [-0.05, 0) is 31.9 Å². The summed E-state index contributed by atoms with van der Waals surface area (Å²) in [5.41, 5.74) is 6.91. The summed E-state index contributed by atoms with van der Waals surface area (Å²) in [6.45, 7) is 9.16. The third-order valence-corrected chi connectivity index (χ3v) is 4.33. The second kappa shape index (κ2) is 9.65. The van der Waals surface area contributed by atoms with Gasteiger partial charge in [0.2, 0.25) is 5.91 Å². The molecule has 0 aliphatic carbocycles. The number of nitrogens with two attached hydrogens (primary N) is 1. The van der Waals surface area contributed by atoms with E-state index < -0.39 is 6.04 Å². The van der Waals surface area contributed by atoms with Crippen LogP contribution in [0.1, 0.15) is 25.3 Å². The van der Waals surface area contributed by atoms with Crippen LogP contribution in [0.4, 0.5) is 0 Å². The molecule has 0 saturated carbocycles. The number of benzene rings is 1. The summed E-state index contributed by atoms with van der Waals surface area (Å²) in [6, 6.07) is 10.3. The molecule has 5 nitrogen and oxygen atoms in total. The van der Waals surface area contributed by atoms with E-state index in [2.05, 4.69) is 45.4 Å². The van der Waals surface area contributed by atoms with E-state index in [-0.39, 0.29) is 5.91 Å². The van der Waals surface area contributed by atoms with Crippen LogP contribution in [0.5, 0.6) is 0 Å². The molecule has 1 aliphatic rings. The first-order chi connectivity index (χ1) is 11.1. The Balaban J connectivity index is 1.54. The summed E-state index contributed by atoms with van der Waals surface area (Å²) >= 11 is 0. The fraction of sp³-hybridized carbons (Fsp3) is 0.611. The zero-order valence-corrected chi connectivity index (χ0v) is 14.2. The summed E-state index contributed by atoms with van der Waals surface area (Å²) in [6.07, 6.45) is 2.14. The Morgan fingerprint density at radius 3 is 2.43 bits per heavy atom. The summed E-state index contributed by atoms with van der Waals surface area (Å²) < 4.78 is 0. The Bertz CT molecular complexity index is 455. The first kappa shape index (κ1) is 17.9. The lowest BCUT2D eigenvalue weighted by Crippen LogP contribution is -2.46. The largest absolute Gasteiger partial charge is 0.355 e. The third-order valence-electron chi connectivity index (χ3n) is 4.33. The van der Waals surface area contributed by atoms with Crippen molar-refractivity contribution in [3.8, 4) is 0 Å². The van der Waals surface area contributed by atoms with Crippen molar-refractivity contribution in [2.45, 2.75) is 32.4 Å². The molecule has 1 atom stereocenters. The zero-order valence-electron chi connectivity index (χ0n) is 14.2. The third kappa shape index (κ3) is 6.69. The van der Waals surface area contributed by atoms with E-state index >= 15 is 0 Å². The van der Waals surface area contributed by atoms with Crippen LogP contribution in [0.15, 0.2) is 30.3 Å². The average molecular weight is 318 g/mol. The van der Waals surface area contributed by atoms with E-state index in [4.69, 9.17) is 5.73 Å². The molecule has 1 aromatic carbocycles. The van der Waals surface area contributed by atoms with Gasteiger partial charge in [-0.15, -0.1) is 0 Å². The second-order valence-electron chi connectivity index (χ2n) is 6.39. The fourth-order valence-electron chi connectivity index (χ4n) is 2.85. The Morgan fingerprint density at radius 2 is 1.78 bits per heavy atom. The molecule has 1 unspecified atom stereocenters. The number of amides is 1. The molecular weight excluding hydrogens is 288 g/mol. The minimum atomic E-state index is -0.410. The van der Waals surface area contributed by atoms with E-state index in [0.29, 0.717) is 0 Å². The zero-order chi connectivity index (χ0) is 16.5. The van der Waals surface area contributed by atoms with Crippen molar-refractivity contribution in [2.24, 2.45) is 5.73 Å². The Kier molecular flexibility index (Phi) is 7.52. The summed E-state index contributed by atoms with van der Waals surface area (Å²) in [7, 11) is 0. The van der Waals surface area contributed by atoms with Gasteiger partial charge in [0.25, 0.3) is 0 Å². The molecular formula is C18H30N4O. The Morgan fingerprint density at radius 1 is 1.13 bits per heavy atom. The lowest BCUT2D eigenvalue weighted by molar-refractivity contribution is -0.121. The molecule has 0 radical (unpaired) electrons. The maximum Gasteiger partial charge on any atom is 0.236 e. The molecule has 128 valence electrons. The Labute approximate surface area is 139 Å². The molecule has 0 bridgehead atoms. The SMILES string of the molecule is CC(N)C(=O)NCCCCN1CCN(Cc2ccccc2)CC1. The number of hydrogen-bond donors (Lipinski definition) is 2. The predicted octanol–water partition coefficient (Wildman–Crippen LogP) is 1.05. The number of nitrogens with zero attached hydrogens (tertiary/aromatic N) is 2. The quantitative estimate of drug-likeness (QED) is 0.703. The van der Waals surface area contributed by atoms with E-state index in [1.165, 1.54) is 5.56 Å². The van der Waals surface area contributed by atoms with Crippen molar-refractivity contribution < 1.29 is 4.79 Å². The highest BCUT2D eigenvalue weighted by Crippen LogP contribution is 2.08. The number of carbonyl (C=O) groups is 1. The fourth-order valence-corrected chi connectivity index (χ4v) is 2.85. The molecule has 0 aromatic heterocycles. The predicted molar refractivity (Wildman–Crippen MR) is 94.1 cm³/mol.